The van der Waals surface area contributed by atoms with Crippen LogP contribution in [-0.4, -0.2) is 25.3 Å². The van der Waals surface area contributed by atoms with Gasteiger partial charge >= 0.3 is 0 Å². The highest BCUT2D eigenvalue weighted by Gasteiger charge is 2.02. The highest BCUT2D eigenvalue weighted by atomic mass is 16.5. The van der Waals surface area contributed by atoms with Crippen LogP contribution < -0.4 is 4.74 Å². The number of benzene rings is 1. The van der Waals surface area contributed by atoms with Crippen molar-refractivity contribution in [1.29, 1.82) is 0 Å². The summed E-state index contributed by atoms with van der Waals surface area (Å²) in [5.41, 5.74) is 3.29. The lowest BCUT2D eigenvalue weighted by Gasteiger charge is -2.08. The molecule has 3 nitrogen and oxygen atoms in total. The molecule has 2 aromatic rings. The van der Waals surface area contributed by atoms with E-state index in [1.54, 1.807) is 7.11 Å². The molecule has 0 aliphatic carbocycles. The van der Waals surface area contributed by atoms with Gasteiger partial charge in [0.15, 0.2) is 0 Å². The summed E-state index contributed by atoms with van der Waals surface area (Å²) in [5, 5.41) is 1.14. The standard InChI is InChI=1S/C14H17NO2/c1-10-8-11(2)15-14-5-4-12(9-13(10)14)17-7-6-16-3/h4-5,8-9H,6-7H2,1-3H3. The lowest BCUT2D eigenvalue weighted by atomic mass is 10.1. The van der Waals surface area contributed by atoms with Gasteiger partial charge in [-0.3, -0.25) is 4.98 Å². The highest BCUT2D eigenvalue weighted by Crippen LogP contribution is 2.23. The molecule has 0 amide bonds. The molecule has 3 heteroatoms. The van der Waals surface area contributed by atoms with Gasteiger partial charge in [0.25, 0.3) is 0 Å². The van der Waals surface area contributed by atoms with E-state index in [0.29, 0.717) is 13.2 Å². The highest BCUT2D eigenvalue weighted by molar-refractivity contribution is 5.83. The van der Waals surface area contributed by atoms with Crippen LogP contribution in [0.5, 0.6) is 5.75 Å². The van der Waals surface area contributed by atoms with E-state index in [1.807, 2.05) is 25.1 Å². The number of methoxy groups -OCH3 is 1. The average molecular weight is 231 g/mol. The molecule has 0 saturated heterocycles. The molecule has 1 aromatic heterocycles. The zero-order valence-electron chi connectivity index (χ0n) is 10.5. The number of hydrogen-bond donors (Lipinski definition) is 0. The fourth-order valence-corrected chi connectivity index (χ4v) is 1.87. The minimum Gasteiger partial charge on any atom is -0.491 e. The van der Waals surface area contributed by atoms with Crippen molar-refractivity contribution in [3.63, 3.8) is 0 Å². The van der Waals surface area contributed by atoms with E-state index in [0.717, 1.165) is 22.3 Å². The van der Waals surface area contributed by atoms with Crippen molar-refractivity contribution in [2.75, 3.05) is 20.3 Å². The van der Waals surface area contributed by atoms with Crippen LogP contribution in [-0.2, 0) is 4.74 Å². The Labute approximate surface area is 101 Å². The van der Waals surface area contributed by atoms with Crippen molar-refractivity contribution < 1.29 is 9.47 Å². The molecule has 1 aromatic carbocycles. The summed E-state index contributed by atoms with van der Waals surface area (Å²) in [5.74, 6) is 0.864. The van der Waals surface area contributed by atoms with E-state index in [9.17, 15) is 0 Å². The normalized spacial score (nSPS) is 10.8. The second-order valence-corrected chi connectivity index (χ2v) is 4.10. The van der Waals surface area contributed by atoms with Crippen LogP contribution in [0.2, 0.25) is 0 Å². The van der Waals surface area contributed by atoms with Gasteiger partial charge in [-0.25, -0.2) is 0 Å². The number of hydrogen-bond acceptors (Lipinski definition) is 3. The molecule has 0 aliphatic heterocycles. The molecule has 0 fully saturated rings. The van der Waals surface area contributed by atoms with Crippen molar-refractivity contribution in [2.24, 2.45) is 0 Å². The lowest BCUT2D eigenvalue weighted by molar-refractivity contribution is 0.146. The maximum Gasteiger partial charge on any atom is 0.120 e. The molecule has 0 unspecified atom stereocenters. The second-order valence-electron chi connectivity index (χ2n) is 4.10. The summed E-state index contributed by atoms with van der Waals surface area (Å²) in [7, 11) is 1.67. The zero-order valence-corrected chi connectivity index (χ0v) is 10.5. The van der Waals surface area contributed by atoms with Crippen molar-refractivity contribution >= 4 is 10.9 Å². The monoisotopic (exact) mass is 231 g/mol. The van der Waals surface area contributed by atoms with E-state index in [1.165, 1.54) is 5.56 Å². The second kappa shape index (κ2) is 5.15. The Morgan fingerprint density at radius 2 is 1.94 bits per heavy atom. The Bertz CT molecular complexity index is 523. The SMILES string of the molecule is COCCOc1ccc2nc(C)cc(C)c2c1. The van der Waals surface area contributed by atoms with Crippen molar-refractivity contribution in [3.05, 3.63) is 35.5 Å². The molecule has 0 aliphatic rings. The van der Waals surface area contributed by atoms with Crippen molar-refractivity contribution in [1.82, 2.24) is 4.98 Å². The van der Waals surface area contributed by atoms with Crippen LogP contribution >= 0.6 is 0 Å². The summed E-state index contributed by atoms with van der Waals surface area (Å²) in [6.45, 7) is 5.27. The molecule has 17 heavy (non-hydrogen) atoms. The number of fused-ring (bicyclic) bond motifs is 1. The predicted octanol–water partition coefficient (Wildman–Crippen LogP) is 2.88. The molecular formula is C14H17NO2. The number of pyridine rings is 1. The topological polar surface area (TPSA) is 31.4 Å². The van der Waals surface area contributed by atoms with Crippen LogP contribution in [0.3, 0.4) is 0 Å². The number of aromatic nitrogens is 1. The Hall–Kier alpha value is -1.61. The van der Waals surface area contributed by atoms with Gasteiger partial charge in [0.2, 0.25) is 0 Å². The molecule has 0 atom stereocenters. The molecular weight excluding hydrogens is 214 g/mol. The maximum absolute atomic E-state index is 5.59. The van der Waals surface area contributed by atoms with Crippen LogP contribution in [0.15, 0.2) is 24.3 Å². The summed E-state index contributed by atoms with van der Waals surface area (Å²) in [4.78, 5) is 4.49. The molecule has 0 N–H and O–H groups in total. The fourth-order valence-electron chi connectivity index (χ4n) is 1.87. The lowest BCUT2D eigenvalue weighted by Crippen LogP contribution is -2.04. The summed E-state index contributed by atoms with van der Waals surface area (Å²) < 4.78 is 10.5. The first kappa shape index (κ1) is 11.9. The van der Waals surface area contributed by atoms with Crippen LogP contribution in [0.4, 0.5) is 0 Å². The summed E-state index contributed by atoms with van der Waals surface area (Å²) in [6, 6.07) is 8.06. The van der Waals surface area contributed by atoms with Gasteiger partial charge in [-0.15, -0.1) is 0 Å². The van der Waals surface area contributed by atoms with Gasteiger partial charge in [0.05, 0.1) is 12.1 Å². The van der Waals surface area contributed by atoms with Crippen LogP contribution in [0.1, 0.15) is 11.3 Å². The molecule has 90 valence electrons. The van der Waals surface area contributed by atoms with E-state index in [-0.39, 0.29) is 0 Å². The van der Waals surface area contributed by atoms with Crippen molar-refractivity contribution in [2.45, 2.75) is 13.8 Å². The van der Waals surface area contributed by atoms with Gasteiger partial charge in [-0.05, 0) is 43.7 Å². The van der Waals surface area contributed by atoms with E-state index in [4.69, 9.17) is 9.47 Å². The first-order valence-electron chi connectivity index (χ1n) is 5.70. The van der Waals surface area contributed by atoms with E-state index >= 15 is 0 Å². The molecule has 0 spiro atoms. The smallest absolute Gasteiger partial charge is 0.120 e. The van der Waals surface area contributed by atoms with E-state index in [2.05, 4.69) is 18.0 Å². The largest absolute Gasteiger partial charge is 0.491 e. The molecule has 2 rings (SSSR count). The average Bonchev–Trinajstić information content (AvgIpc) is 2.30. The first-order chi connectivity index (χ1) is 8.20. The minimum absolute atomic E-state index is 0.570. The third-order valence-electron chi connectivity index (χ3n) is 2.67. The first-order valence-corrected chi connectivity index (χ1v) is 5.70. The number of nitrogens with zero attached hydrogens (tertiary/aromatic N) is 1. The van der Waals surface area contributed by atoms with E-state index < -0.39 is 0 Å². The third-order valence-corrected chi connectivity index (χ3v) is 2.67. The number of aryl methyl sites for hydroxylation is 2. The van der Waals surface area contributed by atoms with Gasteiger partial charge < -0.3 is 9.47 Å². The van der Waals surface area contributed by atoms with Crippen molar-refractivity contribution in [3.8, 4) is 5.75 Å². The third kappa shape index (κ3) is 2.74. The van der Waals surface area contributed by atoms with Gasteiger partial charge in [0.1, 0.15) is 12.4 Å². The van der Waals surface area contributed by atoms with Gasteiger partial charge in [-0.1, -0.05) is 0 Å². The summed E-state index contributed by atoms with van der Waals surface area (Å²) in [6.07, 6.45) is 0. The van der Waals surface area contributed by atoms with Crippen LogP contribution in [0.25, 0.3) is 10.9 Å². The Kier molecular flexibility index (Phi) is 3.59. The molecule has 0 radical (unpaired) electrons. The van der Waals surface area contributed by atoms with Gasteiger partial charge in [-0.2, -0.15) is 0 Å². The number of rotatable bonds is 4. The quantitative estimate of drug-likeness (QED) is 0.758. The summed E-state index contributed by atoms with van der Waals surface area (Å²) >= 11 is 0. The predicted molar refractivity (Wildman–Crippen MR) is 68.6 cm³/mol. The van der Waals surface area contributed by atoms with Crippen LogP contribution in [0, 0.1) is 13.8 Å². The Morgan fingerprint density at radius 1 is 1.12 bits per heavy atom. The molecule has 0 saturated carbocycles. The fraction of sp³-hybridized carbons (Fsp3) is 0.357. The Balaban J connectivity index is 2.30. The Morgan fingerprint density at radius 3 is 2.71 bits per heavy atom. The zero-order chi connectivity index (χ0) is 12.3. The van der Waals surface area contributed by atoms with Gasteiger partial charge in [0, 0.05) is 18.2 Å². The number of ether oxygens (including phenoxy) is 2. The molecule has 1 heterocycles. The molecule has 0 bridgehead atoms. The minimum atomic E-state index is 0.570. The maximum atomic E-state index is 5.59.